The van der Waals surface area contributed by atoms with Gasteiger partial charge < -0.3 is 15.4 Å². The van der Waals surface area contributed by atoms with E-state index in [1.807, 2.05) is 11.4 Å². The van der Waals surface area contributed by atoms with E-state index in [4.69, 9.17) is 4.74 Å². The number of aromatic nitrogens is 1. The van der Waals surface area contributed by atoms with Gasteiger partial charge in [0.1, 0.15) is 5.75 Å². The molecule has 9 heteroatoms. The van der Waals surface area contributed by atoms with Crippen molar-refractivity contribution in [2.45, 2.75) is 0 Å². The van der Waals surface area contributed by atoms with Gasteiger partial charge in [-0.25, -0.2) is 4.98 Å². The van der Waals surface area contributed by atoms with E-state index in [1.54, 1.807) is 24.4 Å². The van der Waals surface area contributed by atoms with Gasteiger partial charge in [-0.15, -0.1) is 11.3 Å². The fraction of sp³-hybridized carbons (Fsp3) is 0.0588. The van der Waals surface area contributed by atoms with Crippen LogP contribution in [0.25, 0.3) is 0 Å². The number of nitro benzene ring substituents is 1. The summed E-state index contributed by atoms with van der Waals surface area (Å²) < 4.78 is 5.15. The molecule has 0 radical (unpaired) electrons. The van der Waals surface area contributed by atoms with Crippen LogP contribution in [-0.4, -0.2) is 22.9 Å². The predicted molar refractivity (Wildman–Crippen MR) is 99.4 cm³/mol. The first-order valence-corrected chi connectivity index (χ1v) is 8.35. The minimum atomic E-state index is -0.534. The number of ether oxygens (including phenoxy) is 1. The number of anilines is 3. The Kier molecular flexibility index (Phi) is 5.09. The third-order valence-corrected chi connectivity index (χ3v) is 4.14. The number of hydrogen-bond donors (Lipinski definition) is 2. The molecule has 26 heavy (non-hydrogen) atoms. The van der Waals surface area contributed by atoms with Gasteiger partial charge in [0.2, 0.25) is 0 Å². The van der Waals surface area contributed by atoms with Crippen LogP contribution in [-0.2, 0) is 0 Å². The Bertz CT molecular complexity index is 944. The van der Waals surface area contributed by atoms with Crippen LogP contribution in [0.2, 0.25) is 0 Å². The third-order valence-electron chi connectivity index (χ3n) is 3.45. The van der Waals surface area contributed by atoms with Crippen molar-refractivity contribution in [2.75, 3.05) is 17.7 Å². The van der Waals surface area contributed by atoms with Crippen molar-refractivity contribution in [1.82, 2.24) is 4.98 Å². The molecule has 0 aliphatic rings. The summed E-state index contributed by atoms with van der Waals surface area (Å²) in [5, 5.41) is 19.2. The van der Waals surface area contributed by atoms with Crippen LogP contribution in [0.4, 0.5) is 22.2 Å². The Balaban J connectivity index is 1.82. The standard InChI is InChI=1S/C17H14N4O4S/c1-25-15-6-5-13(21(23)24)10-14(15)20-16(22)11-3-2-4-12(9-11)19-17-18-7-8-26-17/h2-10H,1H3,(H,18,19)(H,20,22). The van der Waals surface area contributed by atoms with Gasteiger partial charge in [-0.1, -0.05) is 6.07 Å². The fourth-order valence-electron chi connectivity index (χ4n) is 2.25. The molecule has 0 atom stereocenters. The number of hydrogen-bond acceptors (Lipinski definition) is 7. The number of methoxy groups -OCH3 is 1. The van der Waals surface area contributed by atoms with Crippen molar-refractivity contribution in [3.63, 3.8) is 0 Å². The highest BCUT2D eigenvalue weighted by atomic mass is 32.1. The lowest BCUT2D eigenvalue weighted by Crippen LogP contribution is -2.13. The zero-order chi connectivity index (χ0) is 18.5. The number of nitrogens with zero attached hydrogens (tertiary/aromatic N) is 2. The molecule has 1 heterocycles. The van der Waals surface area contributed by atoms with E-state index in [1.165, 1.54) is 36.6 Å². The maximum Gasteiger partial charge on any atom is 0.271 e. The number of carbonyl (C=O) groups is 1. The Hall–Kier alpha value is -3.46. The molecule has 2 N–H and O–H groups in total. The Morgan fingerprint density at radius 3 is 2.81 bits per heavy atom. The molecule has 0 fully saturated rings. The molecule has 0 unspecified atom stereocenters. The number of amides is 1. The number of nitro groups is 1. The van der Waals surface area contributed by atoms with Gasteiger partial charge in [0, 0.05) is 35.0 Å². The third kappa shape index (κ3) is 3.95. The Labute approximate surface area is 152 Å². The van der Waals surface area contributed by atoms with E-state index in [-0.39, 0.29) is 11.4 Å². The van der Waals surface area contributed by atoms with Crippen molar-refractivity contribution in [1.29, 1.82) is 0 Å². The van der Waals surface area contributed by atoms with Crippen LogP contribution >= 0.6 is 11.3 Å². The molecule has 132 valence electrons. The second-order valence-electron chi connectivity index (χ2n) is 5.14. The molecule has 0 bridgehead atoms. The first-order chi connectivity index (χ1) is 12.6. The lowest BCUT2D eigenvalue weighted by Gasteiger charge is -2.11. The highest BCUT2D eigenvalue weighted by Gasteiger charge is 2.15. The number of carbonyl (C=O) groups excluding carboxylic acids is 1. The number of nitrogens with one attached hydrogen (secondary N) is 2. The van der Waals surface area contributed by atoms with Crippen LogP contribution in [0.1, 0.15) is 10.4 Å². The molecular formula is C17H14N4O4S. The number of benzene rings is 2. The minimum absolute atomic E-state index is 0.139. The number of non-ortho nitro benzene ring substituents is 1. The summed E-state index contributed by atoms with van der Waals surface area (Å²) in [5.74, 6) is -0.0763. The van der Waals surface area contributed by atoms with Gasteiger partial charge in [-0.3, -0.25) is 14.9 Å². The van der Waals surface area contributed by atoms with Gasteiger partial charge in [0.15, 0.2) is 5.13 Å². The topological polar surface area (TPSA) is 106 Å². The van der Waals surface area contributed by atoms with Crippen molar-refractivity contribution < 1.29 is 14.5 Å². The number of thiazole rings is 1. The van der Waals surface area contributed by atoms with E-state index < -0.39 is 10.8 Å². The first-order valence-electron chi connectivity index (χ1n) is 7.47. The van der Waals surface area contributed by atoms with Crippen LogP contribution < -0.4 is 15.4 Å². The molecule has 0 saturated heterocycles. The lowest BCUT2D eigenvalue weighted by molar-refractivity contribution is -0.384. The maximum absolute atomic E-state index is 12.5. The van der Waals surface area contributed by atoms with E-state index in [9.17, 15) is 14.9 Å². The summed E-state index contributed by atoms with van der Waals surface area (Å²) >= 11 is 1.44. The summed E-state index contributed by atoms with van der Waals surface area (Å²) in [4.78, 5) is 27.1. The van der Waals surface area contributed by atoms with E-state index in [0.717, 1.165) is 0 Å². The SMILES string of the molecule is COc1ccc([N+](=O)[O-])cc1NC(=O)c1cccc(Nc2nccs2)c1. The average Bonchev–Trinajstić information content (AvgIpc) is 3.14. The summed E-state index contributed by atoms with van der Waals surface area (Å²) in [7, 11) is 1.43. The van der Waals surface area contributed by atoms with Crippen LogP contribution in [0.3, 0.4) is 0 Å². The zero-order valence-corrected chi connectivity index (χ0v) is 14.4. The van der Waals surface area contributed by atoms with Gasteiger partial charge in [0.25, 0.3) is 11.6 Å². The Morgan fingerprint density at radius 2 is 2.12 bits per heavy atom. The molecule has 2 aromatic carbocycles. The molecule has 0 spiro atoms. The summed E-state index contributed by atoms with van der Waals surface area (Å²) in [6.45, 7) is 0. The van der Waals surface area contributed by atoms with Gasteiger partial charge >= 0.3 is 0 Å². The van der Waals surface area contributed by atoms with Crippen molar-refractivity contribution in [3.05, 3.63) is 69.7 Å². The second-order valence-corrected chi connectivity index (χ2v) is 6.03. The Morgan fingerprint density at radius 1 is 1.27 bits per heavy atom. The average molecular weight is 370 g/mol. The molecule has 3 rings (SSSR count). The van der Waals surface area contributed by atoms with Crippen LogP contribution in [0.5, 0.6) is 5.75 Å². The summed E-state index contributed by atoms with van der Waals surface area (Å²) in [6.07, 6.45) is 1.68. The molecule has 0 aliphatic heterocycles. The van der Waals surface area contributed by atoms with E-state index in [0.29, 0.717) is 22.1 Å². The highest BCUT2D eigenvalue weighted by molar-refractivity contribution is 7.13. The first kappa shape index (κ1) is 17.4. The van der Waals surface area contributed by atoms with Gasteiger partial charge in [0.05, 0.1) is 17.7 Å². The largest absolute Gasteiger partial charge is 0.495 e. The van der Waals surface area contributed by atoms with Gasteiger partial charge in [-0.2, -0.15) is 0 Å². The molecule has 1 amide bonds. The fourth-order valence-corrected chi connectivity index (χ4v) is 2.80. The summed E-state index contributed by atoms with van der Waals surface area (Å²) in [6, 6.07) is 10.9. The van der Waals surface area contributed by atoms with E-state index in [2.05, 4.69) is 15.6 Å². The maximum atomic E-state index is 12.5. The monoisotopic (exact) mass is 370 g/mol. The number of rotatable bonds is 6. The summed E-state index contributed by atoms with van der Waals surface area (Å²) in [5.41, 5.74) is 1.18. The zero-order valence-electron chi connectivity index (χ0n) is 13.6. The van der Waals surface area contributed by atoms with Gasteiger partial charge in [-0.05, 0) is 24.3 Å². The van der Waals surface area contributed by atoms with Crippen molar-refractivity contribution in [3.8, 4) is 5.75 Å². The molecule has 0 saturated carbocycles. The van der Waals surface area contributed by atoms with Crippen molar-refractivity contribution >= 4 is 39.4 Å². The molecule has 0 aliphatic carbocycles. The predicted octanol–water partition coefficient (Wildman–Crippen LogP) is 4.06. The smallest absolute Gasteiger partial charge is 0.271 e. The molecule has 3 aromatic rings. The van der Waals surface area contributed by atoms with Crippen molar-refractivity contribution in [2.24, 2.45) is 0 Å². The van der Waals surface area contributed by atoms with E-state index >= 15 is 0 Å². The quantitative estimate of drug-likeness (QED) is 0.501. The molecule has 8 nitrogen and oxygen atoms in total. The molecule has 1 aromatic heterocycles. The highest BCUT2D eigenvalue weighted by Crippen LogP contribution is 2.29. The molecular weight excluding hydrogens is 356 g/mol. The lowest BCUT2D eigenvalue weighted by atomic mass is 10.1. The van der Waals surface area contributed by atoms with Crippen LogP contribution in [0, 0.1) is 10.1 Å². The minimum Gasteiger partial charge on any atom is -0.495 e. The normalized spacial score (nSPS) is 10.2. The van der Waals surface area contributed by atoms with Crippen LogP contribution in [0.15, 0.2) is 54.0 Å². The second kappa shape index (κ2) is 7.62.